The third kappa shape index (κ3) is 2.09. The summed E-state index contributed by atoms with van der Waals surface area (Å²) in [6, 6.07) is 0.882. The highest BCUT2D eigenvalue weighted by Crippen LogP contribution is 2.34. The van der Waals surface area contributed by atoms with Gasteiger partial charge in [-0.05, 0) is 38.8 Å². The topological polar surface area (TPSA) is 41.6 Å². The summed E-state index contributed by atoms with van der Waals surface area (Å²) in [6.07, 6.45) is 0.508. The van der Waals surface area contributed by atoms with Gasteiger partial charge >= 0.3 is 5.97 Å². The van der Waals surface area contributed by atoms with E-state index in [0.717, 1.165) is 31.5 Å². The van der Waals surface area contributed by atoms with Crippen LogP contribution in [-0.4, -0.2) is 49.7 Å². The van der Waals surface area contributed by atoms with Crippen LogP contribution in [0.2, 0.25) is 0 Å². The maximum atomic E-state index is 11.3. The van der Waals surface area contributed by atoms with Crippen molar-refractivity contribution in [2.45, 2.75) is 32.4 Å². The standard InChI is InChI=1S/C12H22N2O2/c1-8(4-12(15)16-3)14-7-10-5-13-6-11(10)9(14)2/h8-11,13H,4-7H2,1-3H3. The molecule has 1 N–H and O–H groups in total. The van der Waals surface area contributed by atoms with Crippen LogP contribution in [0.5, 0.6) is 0 Å². The lowest BCUT2D eigenvalue weighted by molar-refractivity contribution is -0.142. The number of nitrogens with one attached hydrogen (secondary N) is 1. The van der Waals surface area contributed by atoms with Crippen LogP contribution in [0.1, 0.15) is 20.3 Å². The van der Waals surface area contributed by atoms with Crippen molar-refractivity contribution < 1.29 is 9.53 Å². The number of methoxy groups -OCH3 is 1. The normalized spacial score (nSPS) is 36.1. The van der Waals surface area contributed by atoms with Gasteiger partial charge in [0.05, 0.1) is 13.5 Å². The van der Waals surface area contributed by atoms with Gasteiger partial charge in [-0.25, -0.2) is 0 Å². The van der Waals surface area contributed by atoms with E-state index < -0.39 is 0 Å². The van der Waals surface area contributed by atoms with Gasteiger partial charge < -0.3 is 10.1 Å². The Labute approximate surface area is 97.3 Å². The molecule has 16 heavy (non-hydrogen) atoms. The van der Waals surface area contributed by atoms with Crippen molar-refractivity contribution in [2.24, 2.45) is 11.8 Å². The molecule has 2 heterocycles. The molecule has 0 bridgehead atoms. The summed E-state index contributed by atoms with van der Waals surface area (Å²) in [4.78, 5) is 13.7. The number of likely N-dealkylation sites (tertiary alicyclic amines) is 1. The smallest absolute Gasteiger partial charge is 0.307 e. The predicted octanol–water partition coefficient (Wildman–Crippen LogP) is 0.478. The highest BCUT2D eigenvalue weighted by atomic mass is 16.5. The van der Waals surface area contributed by atoms with Crippen LogP contribution >= 0.6 is 0 Å². The van der Waals surface area contributed by atoms with Gasteiger partial charge in [-0.15, -0.1) is 0 Å². The zero-order valence-electron chi connectivity index (χ0n) is 10.4. The molecule has 4 atom stereocenters. The fourth-order valence-corrected chi connectivity index (χ4v) is 3.22. The van der Waals surface area contributed by atoms with E-state index in [9.17, 15) is 4.79 Å². The van der Waals surface area contributed by atoms with Crippen molar-refractivity contribution >= 4 is 5.97 Å². The molecule has 0 spiro atoms. The van der Waals surface area contributed by atoms with Crippen molar-refractivity contribution in [3.63, 3.8) is 0 Å². The third-order valence-corrected chi connectivity index (χ3v) is 4.24. The minimum Gasteiger partial charge on any atom is -0.469 e. The summed E-state index contributed by atoms with van der Waals surface area (Å²) in [6.45, 7) is 7.80. The molecule has 4 heteroatoms. The predicted molar refractivity (Wildman–Crippen MR) is 62.1 cm³/mol. The van der Waals surface area contributed by atoms with E-state index in [-0.39, 0.29) is 5.97 Å². The maximum absolute atomic E-state index is 11.3. The largest absolute Gasteiger partial charge is 0.469 e. The van der Waals surface area contributed by atoms with Crippen molar-refractivity contribution in [3.8, 4) is 0 Å². The fraction of sp³-hybridized carbons (Fsp3) is 0.917. The molecule has 0 amide bonds. The van der Waals surface area contributed by atoms with Gasteiger partial charge in [0.15, 0.2) is 0 Å². The number of esters is 1. The molecular weight excluding hydrogens is 204 g/mol. The lowest BCUT2D eigenvalue weighted by Gasteiger charge is -2.29. The molecule has 2 aliphatic heterocycles. The fourth-order valence-electron chi connectivity index (χ4n) is 3.22. The Hall–Kier alpha value is -0.610. The van der Waals surface area contributed by atoms with Crippen LogP contribution in [0, 0.1) is 11.8 Å². The average Bonchev–Trinajstić information content (AvgIpc) is 2.81. The number of rotatable bonds is 3. The van der Waals surface area contributed by atoms with Crippen LogP contribution in [0.25, 0.3) is 0 Å². The Bertz CT molecular complexity index is 270. The maximum Gasteiger partial charge on any atom is 0.307 e. The highest BCUT2D eigenvalue weighted by molar-refractivity contribution is 5.69. The lowest BCUT2D eigenvalue weighted by atomic mass is 9.95. The van der Waals surface area contributed by atoms with E-state index in [2.05, 4.69) is 24.1 Å². The summed E-state index contributed by atoms with van der Waals surface area (Å²) >= 11 is 0. The van der Waals surface area contributed by atoms with Crippen LogP contribution in [-0.2, 0) is 9.53 Å². The monoisotopic (exact) mass is 226 g/mol. The Morgan fingerprint density at radius 2 is 2.31 bits per heavy atom. The van der Waals surface area contributed by atoms with Crippen LogP contribution in [0.4, 0.5) is 0 Å². The Balaban J connectivity index is 1.93. The van der Waals surface area contributed by atoms with Crippen LogP contribution in [0.3, 0.4) is 0 Å². The zero-order chi connectivity index (χ0) is 11.7. The molecule has 92 valence electrons. The molecular formula is C12H22N2O2. The lowest BCUT2D eigenvalue weighted by Crippen LogP contribution is -2.40. The average molecular weight is 226 g/mol. The highest BCUT2D eigenvalue weighted by Gasteiger charge is 2.43. The summed E-state index contributed by atoms with van der Waals surface area (Å²) in [5.41, 5.74) is 0. The van der Waals surface area contributed by atoms with Crippen LogP contribution in [0.15, 0.2) is 0 Å². The molecule has 2 saturated heterocycles. The molecule has 4 unspecified atom stereocenters. The number of fused-ring (bicyclic) bond motifs is 1. The first-order chi connectivity index (χ1) is 7.63. The van der Waals surface area contributed by atoms with Crippen molar-refractivity contribution in [3.05, 3.63) is 0 Å². The van der Waals surface area contributed by atoms with Gasteiger partial charge in [-0.3, -0.25) is 9.69 Å². The van der Waals surface area contributed by atoms with E-state index in [0.29, 0.717) is 18.5 Å². The third-order valence-electron chi connectivity index (χ3n) is 4.24. The zero-order valence-corrected chi connectivity index (χ0v) is 10.4. The summed E-state index contributed by atoms with van der Waals surface area (Å²) in [5, 5.41) is 3.45. The van der Waals surface area contributed by atoms with E-state index >= 15 is 0 Å². The molecule has 2 rings (SSSR count). The molecule has 0 aromatic rings. The van der Waals surface area contributed by atoms with E-state index in [1.165, 1.54) is 7.11 Å². The van der Waals surface area contributed by atoms with Crippen molar-refractivity contribution in [1.82, 2.24) is 10.2 Å². The summed E-state index contributed by atoms with van der Waals surface area (Å²) in [5.74, 6) is 1.44. The number of carbonyl (C=O) groups excluding carboxylic acids is 1. The molecule has 0 aromatic carbocycles. The Morgan fingerprint density at radius 1 is 1.56 bits per heavy atom. The molecule has 0 radical (unpaired) electrons. The summed E-state index contributed by atoms with van der Waals surface area (Å²) < 4.78 is 4.73. The first-order valence-corrected chi connectivity index (χ1v) is 6.16. The molecule has 2 aliphatic rings. The van der Waals surface area contributed by atoms with E-state index in [1.54, 1.807) is 0 Å². The quantitative estimate of drug-likeness (QED) is 0.711. The molecule has 2 fully saturated rings. The van der Waals surface area contributed by atoms with Crippen molar-refractivity contribution in [2.75, 3.05) is 26.7 Å². The first kappa shape index (κ1) is 11.9. The number of hydrogen-bond acceptors (Lipinski definition) is 4. The number of hydrogen-bond donors (Lipinski definition) is 1. The Morgan fingerprint density at radius 3 is 2.94 bits per heavy atom. The number of ether oxygens (including phenoxy) is 1. The SMILES string of the molecule is COC(=O)CC(C)N1CC2CNCC2C1C. The first-order valence-electron chi connectivity index (χ1n) is 6.16. The van der Waals surface area contributed by atoms with Gasteiger partial charge in [-0.2, -0.15) is 0 Å². The minimum absolute atomic E-state index is 0.102. The summed E-state index contributed by atoms with van der Waals surface area (Å²) in [7, 11) is 1.46. The van der Waals surface area contributed by atoms with Gasteiger partial charge in [0.25, 0.3) is 0 Å². The molecule has 0 saturated carbocycles. The van der Waals surface area contributed by atoms with Crippen LogP contribution < -0.4 is 5.32 Å². The number of carbonyl (C=O) groups is 1. The molecule has 0 aromatic heterocycles. The molecule has 0 aliphatic carbocycles. The second-order valence-electron chi connectivity index (χ2n) is 5.15. The molecule has 4 nitrogen and oxygen atoms in total. The van der Waals surface area contributed by atoms with Gasteiger partial charge in [0, 0.05) is 18.6 Å². The number of nitrogens with zero attached hydrogens (tertiary/aromatic N) is 1. The second kappa shape index (κ2) is 4.72. The van der Waals surface area contributed by atoms with Gasteiger partial charge in [-0.1, -0.05) is 0 Å². The van der Waals surface area contributed by atoms with Gasteiger partial charge in [0.1, 0.15) is 0 Å². The Kier molecular flexibility index (Phi) is 3.50. The second-order valence-corrected chi connectivity index (χ2v) is 5.15. The van der Waals surface area contributed by atoms with Crippen molar-refractivity contribution in [1.29, 1.82) is 0 Å². The minimum atomic E-state index is -0.102. The van der Waals surface area contributed by atoms with Gasteiger partial charge in [0.2, 0.25) is 0 Å². The van der Waals surface area contributed by atoms with E-state index in [4.69, 9.17) is 4.74 Å². The van der Waals surface area contributed by atoms with E-state index in [1.807, 2.05) is 0 Å².